The molecule has 34 heavy (non-hydrogen) atoms. The molecule has 3 aliphatic rings. The van der Waals surface area contributed by atoms with Crippen LogP contribution in [0.2, 0.25) is 0 Å². The van der Waals surface area contributed by atoms with Crippen LogP contribution in [0.4, 0.5) is 0 Å². The molecule has 1 aromatic carbocycles. The summed E-state index contributed by atoms with van der Waals surface area (Å²) in [5, 5.41) is 12.8. The molecule has 3 unspecified atom stereocenters. The van der Waals surface area contributed by atoms with Crippen LogP contribution in [0.25, 0.3) is 11.0 Å². The van der Waals surface area contributed by atoms with E-state index in [1.54, 1.807) is 0 Å². The summed E-state index contributed by atoms with van der Waals surface area (Å²) in [5.74, 6) is 1.34. The molecule has 5 heterocycles. The second kappa shape index (κ2) is 8.33. The van der Waals surface area contributed by atoms with Gasteiger partial charge in [-0.3, -0.25) is 14.3 Å². The van der Waals surface area contributed by atoms with E-state index in [1.807, 2.05) is 33.5 Å². The van der Waals surface area contributed by atoms with Crippen LogP contribution in [-0.2, 0) is 4.79 Å². The van der Waals surface area contributed by atoms with E-state index < -0.39 is 0 Å². The van der Waals surface area contributed by atoms with Gasteiger partial charge in [0.1, 0.15) is 6.04 Å². The Morgan fingerprint density at radius 3 is 2.68 bits per heavy atom. The largest absolute Gasteiger partial charge is 0.336 e. The highest BCUT2D eigenvalue weighted by molar-refractivity contribution is 5.81. The number of aromatic nitrogens is 6. The highest BCUT2D eigenvalue weighted by Crippen LogP contribution is 2.41. The summed E-state index contributed by atoms with van der Waals surface area (Å²) in [7, 11) is 0. The van der Waals surface area contributed by atoms with Crippen LogP contribution in [0.1, 0.15) is 69.9 Å². The van der Waals surface area contributed by atoms with Crippen molar-refractivity contribution in [2.75, 3.05) is 19.6 Å². The van der Waals surface area contributed by atoms with Gasteiger partial charge in [-0.2, -0.15) is 0 Å². The minimum atomic E-state index is -0.335. The molecule has 1 N–H and O–H groups in total. The van der Waals surface area contributed by atoms with Gasteiger partial charge >= 0.3 is 5.69 Å². The topological polar surface area (TPSA) is 105 Å². The normalized spacial score (nSPS) is 26.3. The number of H-pyrrole nitrogens is 1. The third-order valence-electron chi connectivity index (χ3n) is 7.89. The molecular formula is C24H32N8O2. The van der Waals surface area contributed by atoms with Crippen molar-refractivity contribution in [1.29, 1.82) is 0 Å². The maximum atomic E-state index is 13.6. The molecule has 0 saturated carbocycles. The molecule has 0 bridgehead atoms. The number of nitrogens with zero attached hydrogens (tertiary/aromatic N) is 7. The lowest BCUT2D eigenvalue weighted by Gasteiger charge is -2.40. The minimum Gasteiger partial charge on any atom is -0.336 e. The summed E-state index contributed by atoms with van der Waals surface area (Å²) in [6.45, 7) is 6.74. The van der Waals surface area contributed by atoms with Crippen molar-refractivity contribution in [2.45, 2.75) is 70.1 Å². The quantitative estimate of drug-likeness (QED) is 0.635. The molecule has 3 aromatic rings. The fraction of sp³-hybridized carbons (Fsp3) is 0.625. The highest BCUT2D eigenvalue weighted by atomic mass is 16.2. The third-order valence-corrected chi connectivity index (χ3v) is 7.89. The molecule has 10 nitrogen and oxygen atoms in total. The molecule has 2 saturated heterocycles. The number of imidazole rings is 1. The Balaban J connectivity index is 1.30. The summed E-state index contributed by atoms with van der Waals surface area (Å²) in [6, 6.07) is 7.79. The Kier molecular flexibility index (Phi) is 5.28. The van der Waals surface area contributed by atoms with Gasteiger partial charge in [-0.15, -0.1) is 5.10 Å². The Labute approximate surface area is 197 Å². The first-order valence-electron chi connectivity index (χ1n) is 12.5. The van der Waals surface area contributed by atoms with Gasteiger partial charge in [0.05, 0.1) is 23.1 Å². The van der Waals surface area contributed by atoms with Crippen molar-refractivity contribution < 1.29 is 4.79 Å². The first-order chi connectivity index (χ1) is 16.5. The maximum Gasteiger partial charge on any atom is 0.326 e. The number of hydrogen-bond donors (Lipinski definition) is 1. The molecule has 3 atom stereocenters. The van der Waals surface area contributed by atoms with Crippen molar-refractivity contribution in [2.24, 2.45) is 5.92 Å². The highest BCUT2D eigenvalue weighted by Gasteiger charge is 2.48. The van der Waals surface area contributed by atoms with Crippen molar-refractivity contribution in [3.63, 3.8) is 0 Å². The van der Waals surface area contributed by atoms with Gasteiger partial charge in [0.2, 0.25) is 5.91 Å². The monoisotopic (exact) mass is 464 g/mol. The first-order valence-corrected chi connectivity index (χ1v) is 12.5. The Morgan fingerprint density at radius 1 is 1.09 bits per heavy atom. The van der Waals surface area contributed by atoms with Gasteiger partial charge in [0.25, 0.3) is 0 Å². The molecule has 0 radical (unpaired) electrons. The van der Waals surface area contributed by atoms with Crippen LogP contribution in [0.5, 0.6) is 0 Å². The number of fused-ring (bicyclic) bond motifs is 3. The molecule has 10 heteroatoms. The predicted octanol–water partition coefficient (Wildman–Crippen LogP) is 2.29. The third kappa shape index (κ3) is 3.38. The van der Waals surface area contributed by atoms with Crippen LogP contribution >= 0.6 is 0 Å². The lowest BCUT2D eigenvalue weighted by molar-refractivity contribution is -0.136. The van der Waals surface area contributed by atoms with Crippen LogP contribution < -0.4 is 5.69 Å². The van der Waals surface area contributed by atoms with Gasteiger partial charge in [-0.05, 0) is 60.6 Å². The number of amides is 1. The number of likely N-dealkylation sites (tertiary alicyclic amines) is 1. The van der Waals surface area contributed by atoms with E-state index in [4.69, 9.17) is 0 Å². The van der Waals surface area contributed by atoms with E-state index in [0.29, 0.717) is 5.92 Å². The smallest absolute Gasteiger partial charge is 0.326 e. The van der Waals surface area contributed by atoms with Crippen LogP contribution in [-0.4, -0.2) is 71.1 Å². The van der Waals surface area contributed by atoms with Crippen molar-refractivity contribution >= 4 is 16.9 Å². The van der Waals surface area contributed by atoms with Gasteiger partial charge in [0, 0.05) is 25.7 Å². The molecule has 2 aromatic heterocycles. The van der Waals surface area contributed by atoms with Crippen LogP contribution in [0.15, 0.2) is 29.1 Å². The predicted molar refractivity (Wildman–Crippen MR) is 126 cm³/mol. The number of rotatable bonds is 4. The molecule has 180 valence electrons. The molecular weight excluding hydrogens is 432 g/mol. The number of aromatic amines is 1. The first kappa shape index (κ1) is 21.5. The number of hydrogen-bond acceptors (Lipinski definition) is 6. The van der Waals surface area contributed by atoms with Crippen molar-refractivity contribution in [3.05, 3.63) is 40.6 Å². The average Bonchev–Trinajstić information content (AvgIpc) is 3.55. The van der Waals surface area contributed by atoms with Gasteiger partial charge in [-0.1, -0.05) is 26.0 Å². The second-order valence-electron chi connectivity index (χ2n) is 10.4. The van der Waals surface area contributed by atoms with Crippen LogP contribution in [0, 0.1) is 5.92 Å². The molecule has 0 spiro atoms. The Morgan fingerprint density at radius 2 is 1.88 bits per heavy atom. The minimum absolute atomic E-state index is 0.0146. The number of benzene rings is 1. The van der Waals surface area contributed by atoms with Crippen molar-refractivity contribution in [1.82, 2.24) is 39.6 Å². The average molecular weight is 465 g/mol. The van der Waals surface area contributed by atoms with E-state index in [2.05, 4.69) is 44.2 Å². The van der Waals surface area contributed by atoms with E-state index >= 15 is 0 Å². The number of carbonyl (C=O) groups is 1. The second-order valence-corrected chi connectivity index (χ2v) is 10.4. The summed E-state index contributed by atoms with van der Waals surface area (Å²) in [5.41, 5.74) is 1.81. The van der Waals surface area contributed by atoms with E-state index in [9.17, 15) is 9.59 Å². The fourth-order valence-corrected chi connectivity index (χ4v) is 6.39. The summed E-state index contributed by atoms with van der Waals surface area (Å²) in [4.78, 5) is 33.8. The summed E-state index contributed by atoms with van der Waals surface area (Å²) >= 11 is 0. The molecule has 1 amide bonds. The zero-order chi connectivity index (χ0) is 23.4. The van der Waals surface area contributed by atoms with Gasteiger partial charge < -0.3 is 9.88 Å². The maximum absolute atomic E-state index is 13.6. The SMILES string of the molecule is CC(C)CC1C(=O)N2CCCC2C(N2CCC(n3c(=O)[nH]c4ccccc43)CC2)c2nnnn21. The number of tetrazole rings is 1. The summed E-state index contributed by atoms with van der Waals surface area (Å²) in [6.07, 6.45) is 4.47. The van der Waals surface area contributed by atoms with Crippen LogP contribution in [0.3, 0.4) is 0 Å². The molecule has 2 fully saturated rings. The van der Waals surface area contributed by atoms with E-state index in [0.717, 1.165) is 68.6 Å². The number of piperidine rings is 1. The lowest BCUT2D eigenvalue weighted by atomic mass is 9.97. The van der Waals surface area contributed by atoms with E-state index in [1.165, 1.54) is 0 Å². The Bertz CT molecular complexity index is 1250. The Hall–Kier alpha value is -3.01. The number of para-hydroxylation sites is 2. The molecule has 0 aliphatic carbocycles. The molecule has 6 rings (SSSR count). The van der Waals surface area contributed by atoms with E-state index in [-0.39, 0.29) is 35.8 Å². The number of nitrogens with one attached hydrogen (secondary N) is 1. The zero-order valence-electron chi connectivity index (χ0n) is 19.8. The lowest BCUT2D eigenvalue weighted by Crippen LogP contribution is -2.47. The summed E-state index contributed by atoms with van der Waals surface area (Å²) < 4.78 is 3.73. The van der Waals surface area contributed by atoms with Gasteiger partial charge in [0.15, 0.2) is 5.82 Å². The zero-order valence-corrected chi connectivity index (χ0v) is 19.8. The fourth-order valence-electron chi connectivity index (χ4n) is 6.39. The standard InChI is InChI=1S/C24H32N8O2/c1-15(2)14-20-23(33)30-11-5-8-19(30)21(22-26-27-28-32(20)22)29-12-9-16(10-13-29)31-18-7-4-3-6-17(18)25-24(31)34/h3-4,6-7,15-16,19-21H,5,8-14H2,1-2H3,(H,25,34). The van der Waals surface area contributed by atoms with Gasteiger partial charge in [-0.25, -0.2) is 9.48 Å². The number of carbonyl (C=O) groups excluding carboxylic acids is 1. The molecule has 3 aliphatic heterocycles. The van der Waals surface area contributed by atoms with Crippen molar-refractivity contribution in [3.8, 4) is 0 Å².